The molecule has 0 aliphatic heterocycles. The van der Waals surface area contributed by atoms with Gasteiger partial charge in [-0.15, -0.1) is 0 Å². The molecule has 2 aromatic carbocycles. The van der Waals surface area contributed by atoms with E-state index in [9.17, 15) is 4.79 Å². The third kappa shape index (κ3) is 4.00. The maximum atomic E-state index is 12.1. The van der Waals surface area contributed by atoms with Gasteiger partial charge in [0, 0.05) is 33.9 Å². The lowest BCUT2D eigenvalue weighted by molar-refractivity contribution is 0.102. The SMILES string of the molecule is Cc1ccc(Nc2ccc(NC(=O)c3cccnc3)cc2)cc1Br. The van der Waals surface area contributed by atoms with Gasteiger partial charge in [-0.3, -0.25) is 9.78 Å². The molecule has 3 rings (SSSR count). The molecule has 120 valence electrons. The smallest absolute Gasteiger partial charge is 0.257 e. The standard InChI is InChI=1S/C19H16BrN3O/c1-13-4-5-17(11-18(13)20)22-15-6-8-16(9-7-15)23-19(24)14-3-2-10-21-12-14/h2-12,22H,1H3,(H,23,24). The highest BCUT2D eigenvalue weighted by Gasteiger charge is 2.05. The van der Waals surface area contributed by atoms with Crippen molar-refractivity contribution in [3.05, 3.63) is 82.6 Å². The number of carbonyl (C=O) groups excluding carboxylic acids is 1. The minimum absolute atomic E-state index is 0.175. The molecule has 2 N–H and O–H groups in total. The molecule has 0 spiro atoms. The summed E-state index contributed by atoms with van der Waals surface area (Å²) >= 11 is 3.53. The highest BCUT2D eigenvalue weighted by Crippen LogP contribution is 2.24. The first-order valence-corrected chi connectivity index (χ1v) is 8.26. The van der Waals surface area contributed by atoms with Gasteiger partial charge in [0.1, 0.15) is 0 Å². The largest absolute Gasteiger partial charge is 0.355 e. The topological polar surface area (TPSA) is 54.0 Å². The number of amides is 1. The number of pyridine rings is 1. The fourth-order valence-electron chi connectivity index (χ4n) is 2.17. The molecular formula is C19H16BrN3O. The lowest BCUT2D eigenvalue weighted by Gasteiger charge is -2.10. The zero-order chi connectivity index (χ0) is 16.9. The average Bonchev–Trinajstić information content (AvgIpc) is 2.61. The molecular weight excluding hydrogens is 366 g/mol. The van der Waals surface area contributed by atoms with Crippen LogP contribution in [-0.2, 0) is 0 Å². The van der Waals surface area contributed by atoms with E-state index in [0.29, 0.717) is 5.56 Å². The summed E-state index contributed by atoms with van der Waals surface area (Å²) in [6.45, 7) is 2.05. The van der Waals surface area contributed by atoms with E-state index in [-0.39, 0.29) is 5.91 Å². The second-order valence-corrected chi connectivity index (χ2v) is 6.22. The molecule has 4 nitrogen and oxygen atoms in total. The van der Waals surface area contributed by atoms with E-state index < -0.39 is 0 Å². The van der Waals surface area contributed by atoms with Gasteiger partial charge in [-0.2, -0.15) is 0 Å². The number of anilines is 3. The maximum absolute atomic E-state index is 12.1. The molecule has 5 heteroatoms. The summed E-state index contributed by atoms with van der Waals surface area (Å²) in [4.78, 5) is 16.0. The van der Waals surface area contributed by atoms with Crippen molar-refractivity contribution in [3.63, 3.8) is 0 Å². The second kappa shape index (κ2) is 7.27. The van der Waals surface area contributed by atoms with Crippen molar-refractivity contribution in [2.75, 3.05) is 10.6 Å². The summed E-state index contributed by atoms with van der Waals surface area (Å²) in [5.74, 6) is -0.175. The number of hydrogen-bond donors (Lipinski definition) is 2. The Kier molecular flexibility index (Phi) is 4.91. The minimum Gasteiger partial charge on any atom is -0.355 e. The number of nitrogens with one attached hydrogen (secondary N) is 2. The Hall–Kier alpha value is -2.66. The molecule has 0 fully saturated rings. The second-order valence-electron chi connectivity index (χ2n) is 5.36. The fraction of sp³-hybridized carbons (Fsp3) is 0.0526. The highest BCUT2D eigenvalue weighted by molar-refractivity contribution is 9.10. The summed E-state index contributed by atoms with van der Waals surface area (Å²) in [7, 11) is 0. The van der Waals surface area contributed by atoms with Crippen molar-refractivity contribution in [1.82, 2.24) is 4.98 Å². The van der Waals surface area contributed by atoms with Gasteiger partial charge in [-0.05, 0) is 61.0 Å². The number of benzene rings is 2. The van der Waals surface area contributed by atoms with Gasteiger partial charge in [0.2, 0.25) is 0 Å². The van der Waals surface area contributed by atoms with E-state index in [1.54, 1.807) is 24.5 Å². The molecule has 0 saturated heterocycles. The Balaban J connectivity index is 1.67. The number of halogens is 1. The first-order chi connectivity index (χ1) is 11.6. The van der Waals surface area contributed by atoms with Crippen LogP contribution in [0, 0.1) is 6.92 Å². The van der Waals surface area contributed by atoms with Crippen molar-refractivity contribution >= 4 is 38.9 Å². The third-order valence-corrected chi connectivity index (χ3v) is 4.38. The maximum Gasteiger partial charge on any atom is 0.257 e. The van der Waals surface area contributed by atoms with E-state index in [1.165, 1.54) is 5.56 Å². The van der Waals surface area contributed by atoms with E-state index in [4.69, 9.17) is 0 Å². The number of aryl methyl sites for hydroxylation is 1. The molecule has 0 radical (unpaired) electrons. The van der Waals surface area contributed by atoms with Crippen molar-refractivity contribution in [3.8, 4) is 0 Å². The molecule has 0 atom stereocenters. The van der Waals surface area contributed by atoms with Gasteiger partial charge < -0.3 is 10.6 Å². The Morgan fingerprint density at radius 2 is 1.71 bits per heavy atom. The van der Waals surface area contributed by atoms with Gasteiger partial charge in [0.25, 0.3) is 5.91 Å². The Morgan fingerprint density at radius 1 is 1.00 bits per heavy atom. The molecule has 0 saturated carbocycles. The van der Waals surface area contributed by atoms with Crippen molar-refractivity contribution in [1.29, 1.82) is 0 Å². The zero-order valence-electron chi connectivity index (χ0n) is 13.1. The average molecular weight is 382 g/mol. The van der Waals surface area contributed by atoms with Crippen LogP contribution in [0.25, 0.3) is 0 Å². The van der Waals surface area contributed by atoms with E-state index in [1.807, 2.05) is 43.3 Å². The summed E-state index contributed by atoms with van der Waals surface area (Å²) in [5.41, 5.74) is 4.41. The van der Waals surface area contributed by atoms with Crippen LogP contribution in [0.1, 0.15) is 15.9 Å². The number of rotatable bonds is 4. The molecule has 0 aliphatic carbocycles. The molecule has 1 aromatic heterocycles. The van der Waals surface area contributed by atoms with Gasteiger partial charge in [-0.1, -0.05) is 22.0 Å². The van der Waals surface area contributed by atoms with Crippen LogP contribution in [0.15, 0.2) is 71.5 Å². The summed E-state index contributed by atoms with van der Waals surface area (Å²) in [6, 6.07) is 17.1. The van der Waals surface area contributed by atoms with Crippen LogP contribution >= 0.6 is 15.9 Å². The van der Waals surface area contributed by atoms with Gasteiger partial charge >= 0.3 is 0 Å². The van der Waals surface area contributed by atoms with Crippen molar-refractivity contribution in [2.24, 2.45) is 0 Å². The lowest BCUT2D eigenvalue weighted by atomic mass is 10.2. The Morgan fingerprint density at radius 3 is 2.38 bits per heavy atom. The number of carbonyl (C=O) groups is 1. The van der Waals surface area contributed by atoms with Crippen LogP contribution in [0.4, 0.5) is 17.1 Å². The molecule has 0 aliphatic rings. The van der Waals surface area contributed by atoms with Crippen LogP contribution in [0.2, 0.25) is 0 Å². The quantitative estimate of drug-likeness (QED) is 0.656. The molecule has 3 aromatic rings. The van der Waals surface area contributed by atoms with E-state index in [2.05, 4.69) is 37.6 Å². The monoisotopic (exact) mass is 381 g/mol. The summed E-state index contributed by atoms with van der Waals surface area (Å²) in [6.07, 6.45) is 3.18. The van der Waals surface area contributed by atoms with Gasteiger partial charge in [0.05, 0.1) is 5.56 Å². The molecule has 1 heterocycles. The summed E-state index contributed by atoms with van der Waals surface area (Å²) in [5, 5.41) is 6.18. The molecule has 24 heavy (non-hydrogen) atoms. The lowest BCUT2D eigenvalue weighted by Crippen LogP contribution is -2.11. The van der Waals surface area contributed by atoms with Crippen molar-refractivity contribution < 1.29 is 4.79 Å². The van der Waals surface area contributed by atoms with Crippen LogP contribution in [0.5, 0.6) is 0 Å². The Bertz CT molecular complexity index is 848. The first kappa shape index (κ1) is 16.2. The highest BCUT2D eigenvalue weighted by atomic mass is 79.9. The third-order valence-electron chi connectivity index (χ3n) is 3.53. The van der Waals surface area contributed by atoms with E-state index >= 15 is 0 Å². The zero-order valence-corrected chi connectivity index (χ0v) is 14.7. The normalized spacial score (nSPS) is 10.2. The van der Waals surface area contributed by atoms with Gasteiger partial charge in [-0.25, -0.2) is 0 Å². The van der Waals surface area contributed by atoms with Gasteiger partial charge in [0.15, 0.2) is 0 Å². The fourth-order valence-corrected chi connectivity index (χ4v) is 2.55. The minimum atomic E-state index is -0.175. The van der Waals surface area contributed by atoms with Crippen LogP contribution in [0.3, 0.4) is 0 Å². The first-order valence-electron chi connectivity index (χ1n) is 7.46. The van der Waals surface area contributed by atoms with E-state index in [0.717, 1.165) is 21.5 Å². The Labute approximate surface area is 149 Å². The van der Waals surface area contributed by atoms with Crippen LogP contribution < -0.4 is 10.6 Å². The number of hydrogen-bond acceptors (Lipinski definition) is 3. The van der Waals surface area contributed by atoms with Crippen molar-refractivity contribution in [2.45, 2.75) is 6.92 Å². The van der Waals surface area contributed by atoms with Crippen LogP contribution in [-0.4, -0.2) is 10.9 Å². The number of aromatic nitrogens is 1. The molecule has 0 unspecified atom stereocenters. The predicted octanol–water partition coefficient (Wildman–Crippen LogP) is 5.15. The molecule has 0 bridgehead atoms. The summed E-state index contributed by atoms with van der Waals surface area (Å²) < 4.78 is 1.06. The number of nitrogens with zero attached hydrogens (tertiary/aromatic N) is 1. The molecule has 1 amide bonds. The predicted molar refractivity (Wildman–Crippen MR) is 101 cm³/mol.